The van der Waals surface area contributed by atoms with Crippen molar-refractivity contribution in [1.82, 2.24) is 4.90 Å². The molecule has 2 saturated carbocycles. The Morgan fingerprint density at radius 3 is 2.00 bits per heavy atom. The molecule has 2 atom stereocenters. The van der Waals surface area contributed by atoms with Crippen molar-refractivity contribution in [3.8, 4) is 0 Å². The van der Waals surface area contributed by atoms with Gasteiger partial charge >= 0.3 is 5.97 Å². The van der Waals surface area contributed by atoms with Gasteiger partial charge < -0.3 is 10.0 Å². The number of amides is 1. The van der Waals surface area contributed by atoms with Crippen molar-refractivity contribution in [1.29, 1.82) is 0 Å². The summed E-state index contributed by atoms with van der Waals surface area (Å²) in [5, 5.41) is 9.28. The molecule has 0 bridgehead atoms. The normalized spacial score (nSPS) is 28.9. The lowest BCUT2D eigenvalue weighted by molar-refractivity contribution is -0.152. The van der Waals surface area contributed by atoms with E-state index in [4.69, 9.17) is 0 Å². The monoisotopic (exact) mass is 267 g/mol. The predicted octanol–water partition coefficient (Wildman–Crippen LogP) is 2.67. The van der Waals surface area contributed by atoms with Gasteiger partial charge in [0.1, 0.15) is 0 Å². The van der Waals surface area contributed by atoms with Crippen molar-refractivity contribution < 1.29 is 14.7 Å². The molecule has 2 aliphatic carbocycles. The predicted molar refractivity (Wildman–Crippen MR) is 72.7 cm³/mol. The Hall–Kier alpha value is -1.06. The third-order valence-corrected chi connectivity index (χ3v) is 4.87. The zero-order chi connectivity index (χ0) is 13.8. The van der Waals surface area contributed by atoms with Crippen LogP contribution in [0, 0.1) is 11.8 Å². The number of carbonyl (C=O) groups excluding carboxylic acids is 1. The number of carbonyl (C=O) groups is 2. The van der Waals surface area contributed by atoms with E-state index >= 15 is 0 Å². The van der Waals surface area contributed by atoms with E-state index in [1.165, 1.54) is 19.3 Å². The molecule has 0 radical (unpaired) electrons. The van der Waals surface area contributed by atoms with E-state index in [1.807, 2.05) is 11.9 Å². The molecular formula is C15H25NO3. The average Bonchev–Trinajstić information content (AvgIpc) is 2.46. The third kappa shape index (κ3) is 3.28. The Labute approximate surface area is 115 Å². The molecule has 4 nitrogen and oxygen atoms in total. The number of carboxylic acids is 1. The van der Waals surface area contributed by atoms with Gasteiger partial charge in [-0.2, -0.15) is 0 Å². The van der Waals surface area contributed by atoms with Gasteiger partial charge in [-0.15, -0.1) is 0 Å². The minimum absolute atomic E-state index is 0.0685. The zero-order valence-corrected chi connectivity index (χ0v) is 11.8. The van der Waals surface area contributed by atoms with Gasteiger partial charge in [-0.25, -0.2) is 0 Å². The lowest BCUT2D eigenvalue weighted by Crippen LogP contribution is -2.45. The van der Waals surface area contributed by atoms with E-state index in [0.717, 1.165) is 32.1 Å². The van der Waals surface area contributed by atoms with E-state index < -0.39 is 11.9 Å². The molecule has 4 heteroatoms. The average molecular weight is 267 g/mol. The molecule has 0 spiro atoms. The van der Waals surface area contributed by atoms with Gasteiger partial charge in [0.15, 0.2) is 0 Å². The van der Waals surface area contributed by atoms with Crippen molar-refractivity contribution in [3.05, 3.63) is 0 Å². The van der Waals surface area contributed by atoms with Gasteiger partial charge in [0.25, 0.3) is 0 Å². The van der Waals surface area contributed by atoms with Gasteiger partial charge in [0.05, 0.1) is 11.8 Å². The molecule has 0 aromatic rings. The van der Waals surface area contributed by atoms with Gasteiger partial charge in [-0.1, -0.05) is 32.1 Å². The first-order chi connectivity index (χ1) is 9.11. The molecule has 1 amide bonds. The minimum Gasteiger partial charge on any atom is -0.481 e. The smallest absolute Gasteiger partial charge is 0.307 e. The second-order valence-corrected chi connectivity index (χ2v) is 6.08. The van der Waals surface area contributed by atoms with E-state index in [0.29, 0.717) is 12.5 Å². The van der Waals surface area contributed by atoms with Crippen molar-refractivity contribution in [3.63, 3.8) is 0 Å². The fourth-order valence-electron chi connectivity index (χ4n) is 3.63. The molecule has 0 aromatic carbocycles. The van der Waals surface area contributed by atoms with Crippen LogP contribution in [-0.2, 0) is 9.59 Å². The molecule has 1 N–H and O–H groups in total. The molecule has 0 unspecified atom stereocenters. The number of rotatable bonds is 3. The summed E-state index contributed by atoms with van der Waals surface area (Å²) in [5.74, 6) is -1.49. The van der Waals surface area contributed by atoms with Crippen LogP contribution in [0.15, 0.2) is 0 Å². The van der Waals surface area contributed by atoms with Crippen molar-refractivity contribution >= 4 is 11.9 Å². The lowest BCUT2D eigenvalue weighted by Gasteiger charge is -2.36. The quantitative estimate of drug-likeness (QED) is 0.855. The molecule has 0 heterocycles. The van der Waals surface area contributed by atoms with E-state index in [2.05, 4.69) is 0 Å². The topological polar surface area (TPSA) is 57.6 Å². The Bertz CT molecular complexity index is 336. The van der Waals surface area contributed by atoms with Gasteiger partial charge in [-0.05, 0) is 25.7 Å². The molecule has 0 aromatic heterocycles. The number of carboxylic acid groups (broad SMARTS) is 1. The molecule has 0 saturated heterocycles. The molecule has 2 rings (SSSR count). The number of aliphatic carboxylic acids is 1. The second kappa shape index (κ2) is 6.40. The van der Waals surface area contributed by atoms with Crippen molar-refractivity contribution in [2.75, 3.05) is 7.05 Å². The highest BCUT2D eigenvalue weighted by Gasteiger charge is 2.38. The highest BCUT2D eigenvalue weighted by Crippen LogP contribution is 2.33. The number of nitrogens with zero attached hydrogens (tertiary/aromatic N) is 1. The standard InChI is InChI=1S/C15H25NO3/c1-16(11-7-3-2-4-8-11)14(17)12-9-5-6-10-13(12)15(18)19/h11-13H,2-10H2,1H3,(H,18,19)/t12-,13+/m1/s1. The highest BCUT2D eigenvalue weighted by atomic mass is 16.4. The second-order valence-electron chi connectivity index (χ2n) is 6.08. The fraction of sp³-hybridized carbons (Fsp3) is 0.867. The van der Waals surface area contributed by atoms with E-state index in [-0.39, 0.29) is 11.8 Å². The summed E-state index contributed by atoms with van der Waals surface area (Å²) in [4.78, 5) is 25.7. The van der Waals surface area contributed by atoms with Crippen LogP contribution in [0.2, 0.25) is 0 Å². The molecule has 2 aliphatic rings. The number of hydrogen-bond acceptors (Lipinski definition) is 2. The Morgan fingerprint density at radius 1 is 0.895 bits per heavy atom. The third-order valence-electron chi connectivity index (χ3n) is 4.87. The maximum atomic E-state index is 12.6. The van der Waals surface area contributed by atoms with E-state index in [1.54, 1.807) is 0 Å². The van der Waals surface area contributed by atoms with Crippen molar-refractivity contribution in [2.24, 2.45) is 11.8 Å². The van der Waals surface area contributed by atoms with Gasteiger partial charge in [0, 0.05) is 13.1 Å². The largest absolute Gasteiger partial charge is 0.481 e. The fourth-order valence-corrected chi connectivity index (χ4v) is 3.63. The summed E-state index contributed by atoms with van der Waals surface area (Å²) in [5.41, 5.74) is 0. The van der Waals surface area contributed by atoms with Crippen LogP contribution in [0.25, 0.3) is 0 Å². The summed E-state index contributed by atoms with van der Waals surface area (Å²) in [6, 6.07) is 0.331. The first-order valence-electron chi connectivity index (χ1n) is 7.60. The van der Waals surface area contributed by atoms with Gasteiger partial charge in [0.2, 0.25) is 5.91 Å². The van der Waals surface area contributed by atoms with Crippen LogP contribution >= 0.6 is 0 Å². The molecule has 0 aliphatic heterocycles. The Balaban J connectivity index is 2.01. The van der Waals surface area contributed by atoms with Crippen LogP contribution < -0.4 is 0 Å². The summed E-state index contributed by atoms with van der Waals surface area (Å²) in [6.07, 6.45) is 9.12. The zero-order valence-electron chi connectivity index (χ0n) is 11.8. The van der Waals surface area contributed by atoms with Crippen molar-refractivity contribution in [2.45, 2.75) is 63.8 Å². The molecule has 2 fully saturated rings. The Kier molecular flexibility index (Phi) is 4.83. The summed E-state index contributed by atoms with van der Waals surface area (Å²) < 4.78 is 0. The van der Waals surface area contributed by atoms with Crippen LogP contribution in [-0.4, -0.2) is 35.0 Å². The van der Waals surface area contributed by atoms with Crippen LogP contribution in [0.5, 0.6) is 0 Å². The van der Waals surface area contributed by atoms with Crippen LogP contribution in [0.4, 0.5) is 0 Å². The first kappa shape index (κ1) is 14.4. The summed E-state index contributed by atoms with van der Waals surface area (Å²) >= 11 is 0. The minimum atomic E-state index is -0.796. The molecule has 19 heavy (non-hydrogen) atoms. The van der Waals surface area contributed by atoms with Gasteiger partial charge in [-0.3, -0.25) is 9.59 Å². The van der Waals surface area contributed by atoms with Crippen LogP contribution in [0.3, 0.4) is 0 Å². The first-order valence-corrected chi connectivity index (χ1v) is 7.60. The Morgan fingerprint density at radius 2 is 1.42 bits per heavy atom. The maximum Gasteiger partial charge on any atom is 0.307 e. The molecule has 108 valence electrons. The summed E-state index contributed by atoms with van der Waals surface area (Å²) in [6.45, 7) is 0. The molecular weight excluding hydrogens is 242 g/mol. The lowest BCUT2D eigenvalue weighted by atomic mass is 9.78. The SMILES string of the molecule is CN(C(=O)[C@@H]1CCCC[C@@H]1C(=O)O)C1CCCCC1. The maximum absolute atomic E-state index is 12.6. The highest BCUT2D eigenvalue weighted by molar-refractivity contribution is 5.85. The van der Waals surface area contributed by atoms with Crippen LogP contribution in [0.1, 0.15) is 57.8 Å². The number of hydrogen-bond donors (Lipinski definition) is 1. The van der Waals surface area contributed by atoms with E-state index in [9.17, 15) is 14.7 Å². The summed E-state index contributed by atoms with van der Waals surface area (Å²) in [7, 11) is 1.87.